The van der Waals surface area contributed by atoms with Gasteiger partial charge in [0.25, 0.3) is 11.8 Å². The average molecular weight is 514 g/mol. The summed E-state index contributed by atoms with van der Waals surface area (Å²) in [5.74, 6) is -3.96. The van der Waals surface area contributed by atoms with E-state index in [4.69, 9.17) is 0 Å². The SMILES string of the molecule is CC(C)C(=O)Nc1ccc(C(=O)N/N=C\[C@H]2C(=O)NC(=O)N(c3ccc(Br)cc3)C2=O)cc1. The molecular formula is C22H20BrN5O5. The summed E-state index contributed by atoms with van der Waals surface area (Å²) in [4.78, 5) is 61.9. The number of halogens is 1. The zero-order chi connectivity index (χ0) is 24.1. The molecule has 10 nitrogen and oxygen atoms in total. The van der Waals surface area contributed by atoms with Crippen molar-refractivity contribution >= 4 is 63.2 Å². The fourth-order valence-corrected chi connectivity index (χ4v) is 3.05. The number of anilines is 2. The number of carbonyl (C=O) groups excluding carboxylic acids is 5. The zero-order valence-corrected chi connectivity index (χ0v) is 19.3. The van der Waals surface area contributed by atoms with Crippen molar-refractivity contribution in [3.63, 3.8) is 0 Å². The quantitative estimate of drug-likeness (QED) is 0.309. The molecule has 3 N–H and O–H groups in total. The lowest BCUT2D eigenvalue weighted by Crippen LogP contribution is -2.58. The minimum Gasteiger partial charge on any atom is -0.326 e. The molecule has 0 aliphatic carbocycles. The molecule has 170 valence electrons. The molecule has 11 heteroatoms. The molecule has 0 unspecified atom stereocenters. The monoisotopic (exact) mass is 513 g/mol. The Labute approximate surface area is 197 Å². The molecule has 0 spiro atoms. The number of nitrogens with zero attached hydrogens (tertiary/aromatic N) is 2. The van der Waals surface area contributed by atoms with E-state index in [2.05, 4.69) is 37.1 Å². The Hall–Kier alpha value is -3.86. The van der Waals surface area contributed by atoms with Gasteiger partial charge in [-0.2, -0.15) is 5.10 Å². The Balaban J connectivity index is 1.65. The number of hydrogen-bond donors (Lipinski definition) is 3. The first-order valence-corrected chi connectivity index (χ1v) is 10.7. The highest BCUT2D eigenvalue weighted by Gasteiger charge is 2.40. The molecule has 1 fully saturated rings. The number of amides is 6. The largest absolute Gasteiger partial charge is 0.335 e. The topological polar surface area (TPSA) is 137 Å². The minimum atomic E-state index is -1.40. The van der Waals surface area contributed by atoms with Gasteiger partial charge in [-0.1, -0.05) is 29.8 Å². The lowest BCUT2D eigenvalue weighted by molar-refractivity contribution is -0.131. The van der Waals surface area contributed by atoms with E-state index in [0.717, 1.165) is 15.6 Å². The van der Waals surface area contributed by atoms with Gasteiger partial charge < -0.3 is 5.32 Å². The lowest BCUT2D eigenvalue weighted by atomic mass is 10.1. The van der Waals surface area contributed by atoms with Gasteiger partial charge in [-0.25, -0.2) is 15.1 Å². The summed E-state index contributed by atoms with van der Waals surface area (Å²) in [5.41, 5.74) is 3.31. The van der Waals surface area contributed by atoms with Crippen LogP contribution in [-0.4, -0.2) is 35.9 Å². The number of carbonyl (C=O) groups is 5. The molecule has 33 heavy (non-hydrogen) atoms. The number of hydrazone groups is 1. The van der Waals surface area contributed by atoms with Gasteiger partial charge in [0.15, 0.2) is 5.92 Å². The fraction of sp³-hybridized carbons (Fsp3) is 0.182. The van der Waals surface area contributed by atoms with Gasteiger partial charge in [-0.05, 0) is 48.5 Å². The van der Waals surface area contributed by atoms with E-state index in [9.17, 15) is 24.0 Å². The highest BCUT2D eigenvalue weighted by atomic mass is 79.9. The average Bonchev–Trinajstić information content (AvgIpc) is 2.77. The molecule has 1 saturated heterocycles. The third-order valence-corrected chi connectivity index (χ3v) is 5.14. The number of hydrogen-bond acceptors (Lipinski definition) is 6. The fourth-order valence-electron chi connectivity index (χ4n) is 2.78. The van der Waals surface area contributed by atoms with Crippen LogP contribution in [0, 0.1) is 11.8 Å². The first-order chi connectivity index (χ1) is 15.7. The molecule has 0 radical (unpaired) electrons. The third kappa shape index (κ3) is 5.69. The Morgan fingerprint density at radius 2 is 1.70 bits per heavy atom. The van der Waals surface area contributed by atoms with Crippen LogP contribution in [-0.2, 0) is 14.4 Å². The van der Waals surface area contributed by atoms with Crippen molar-refractivity contribution in [1.82, 2.24) is 10.7 Å². The van der Waals surface area contributed by atoms with Crippen molar-refractivity contribution in [2.24, 2.45) is 16.9 Å². The molecule has 6 amide bonds. The minimum absolute atomic E-state index is 0.150. The second-order valence-electron chi connectivity index (χ2n) is 7.36. The summed E-state index contributed by atoms with van der Waals surface area (Å²) in [7, 11) is 0. The molecule has 1 aliphatic heterocycles. The standard InChI is InChI=1S/C22H20BrN5O5/c1-12(2)18(29)25-15-7-3-13(4-8-15)19(30)27-24-11-17-20(31)26-22(33)28(21(17)32)16-9-5-14(23)6-10-16/h3-12,17H,1-2H3,(H,25,29)(H,27,30)(H,26,31,33)/b24-11-/t17-/m0/s1. The molecule has 3 rings (SSSR count). The highest BCUT2D eigenvalue weighted by Crippen LogP contribution is 2.22. The van der Waals surface area contributed by atoms with Crippen LogP contribution in [0.1, 0.15) is 24.2 Å². The molecule has 2 aromatic rings. The predicted octanol–water partition coefficient (Wildman–Crippen LogP) is 2.66. The molecular weight excluding hydrogens is 494 g/mol. The van der Waals surface area contributed by atoms with Gasteiger partial charge in [-0.15, -0.1) is 0 Å². The molecule has 1 atom stereocenters. The van der Waals surface area contributed by atoms with Crippen LogP contribution in [0.5, 0.6) is 0 Å². The van der Waals surface area contributed by atoms with Gasteiger partial charge in [0, 0.05) is 27.9 Å². The van der Waals surface area contributed by atoms with E-state index in [1.54, 1.807) is 50.2 Å². The van der Waals surface area contributed by atoms with Gasteiger partial charge in [0.1, 0.15) is 0 Å². The Morgan fingerprint density at radius 1 is 1.06 bits per heavy atom. The van der Waals surface area contributed by atoms with Crippen molar-refractivity contribution in [3.05, 3.63) is 58.6 Å². The van der Waals surface area contributed by atoms with Gasteiger partial charge in [0.2, 0.25) is 11.8 Å². The summed E-state index contributed by atoms with van der Waals surface area (Å²) in [6.45, 7) is 3.53. The molecule has 0 bridgehead atoms. The van der Waals surface area contributed by atoms with E-state index in [0.29, 0.717) is 5.69 Å². The summed E-state index contributed by atoms with van der Waals surface area (Å²) in [6.07, 6.45) is 0.963. The third-order valence-electron chi connectivity index (χ3n) is 4.62. The smallest absolute Gasteiger partial charge is 0.326 e. The summed E-state index contributed by atoms with van der Waals surface area (Å²) in [6, 6.07) is 11.6. The van der Waals surface area contributed by atoms with Gasteiger partial charge >= 0.3 is 6.03 Å². The Morgan fingerprint density at radius 3 is 2.30 bits per heavy atom. The Kier molecular flexibility index (Phi) is 7.34. The van der Waals surface area contributed by atoms with Crippen LogP contribution >= 0.6 is 15.9 Å². The van der Waals surface area contributed by atoms with Crippen LogP contribution in [0.25, 0.3) is 0 Å². The van der Waals surface area contributed by atoms with E-state index < -0.39 is 29.7 Å². The second-order valence-corrected chi connectivity index (χ2v) is 8.28. The molecule has 2 aromatic carbocycles. The van der Waals surface area contributed by atoms with Crippen LogP contribution in [0.4, 0.5) is 16.2 Å². The first-order valence-electron chi connectivity index (χ1n) is 9.86. The molecule has 1 heterocycles. The van der Waals surface area contributed by atoms with Crippen LogP contribution in [0.2, 0.25) is 0 Å². The first kappa shape index (κ1) is 23.8. The highest BCUT2D eigenvalue weighted by molar-refractivity contribution is 9.10. The number of imide groups is 2. The number of benzene rings is 2. The van der Waals surface area contributed by atoms with E-state index in [1.807, 2.05) is 0 Å². The van der Waals surface area contributed by atoms with Crippen LogP contribution in [0.15, 0.2) is 58.1 Å². The molecule has 0 saturated carbocycles. The molecule has 1 aliphatic rings. The van der Waals surface area contributed by atoms with Crippen molar-refractivity contribution in [2.45, 2.75) is 13.8 Å². The predicted molar refractivity (Wildman–Crippen MR) is 125 cm³/mol. The second kappa shape index (κ2) is 10.2. The van der Waals surface area contributed by atoms with E-state index >= 15 is 0 Å². The zero-order valence-electron chi connectivity index (χ0n) is 17.7. The number of nitrogens with one attached hydrogen (secondary N) is 3. The number of urea groups is 1. The molecule has 0 aromatic heterocycles. The summed E-state index contributed by atoms with van der Waals surface area (Å²) < 4.78 is 0.753. The lowest BCUT2D eigenvalue weighted by Gasteiger charge is -2.28. The van der Waals surface area contributed by atoms with Crippen molar-refractivity contribution in [3.8, 4) is 0 Å². The summed E-state index contributed by atoms with van der Waals surface area (Å²) in [5, 5.41) is 8.52. The maximum atomic E-state index is 12.7. The maximum absolute atomic E-state index is 12.7. The van der Waals surface area contributed by atoms with Crippen molar-refractivity contribution in [2.75, 3.05) is 10.2 Å². The number of rotatable bonds is 6. The van der Waals surface area contributed by atoms with Crippen LogP contribution in [0.3, 0.4) is 0 Å². The summed E-state index contributed by atoms with van der Waals surface area (Å²) >= 11 is 3.27. The van der Waals surface area contributed by atoms with E-state index in [1.165, 1.54) is 12.1 Å². The van der Waals surface area contributed by atoms with Gasteiger partial charge in [-0.3, -0.25) is 24.5 Å². The maximum Gasteiger partial charge on any atom is 0.335 e. The Bertz CT molecular complexity index is 1130. The van der Waals surface area contributed by atoms with Crippen molar-refractivity contribution < 1.29 is 24.0 Å². The normalized spacial score (nSPS) is 16.2. The van der Waals surface area contributed by atoms with Gasteiger partial charge in [0.05, 0.1) is 5.69 Å². The van der Waals surface area contributed by atoms with E-state index in [-0.39, 0.29) is 23.1 Å². The number of barbiturate groups is 1. The van der Waals surface area contributed by atoms with Crippen LogP contribution < -0.4 is 21.0 Å². The van der Waals surface area contributed by atoms with Crippen molar-refractivity contribution in [1.29, 1.82) is 0 Å².